The normalized spacial score (nSPS) is 14.8. The van der Waals surface area contributed by atoms with Crippen molar-refractivity contribution in [1.82, 2.24) is 19.2 Å². The molecule has 0 bridgehead atoms. The minimum Gasteiger partial charge on any atom is -0.348 e. The van der Waals surface area contributed by atoms with Crippen LogP contribution in [0.4, 0.5) is 0 Å². The van der Waals surface area contributed by atoms with E-state index in [1.54, 1.807) is 19.0 Å². The molecule has 1 aliphatic rings. The first-order chi connectivity index (χ1) is 19.9. The summed E-state index contributed by atoms with van der Waals surface area (Å²) in [5.74, 6) is 0.804. The second-order valence-electron chi connectivity index (χ2n) is 12.8. The summed E-state index contributed by atoms with van der Waals surface area (Å²) >= 11 is 6.04. The van der Waals surface area contributed by atoms with Gasteiger partial charge in [-0.05, 0) is 82.4 Å². The molecule has 42 heavy (non-hydrogen) atoms. The number of hydrogen-bond acceptors (Lipinski definition) is 3. The minimum absolute atomic E-state index is 0.0710. The van der Waals surface area contributed by atoms with E-state index in [1.807, 2.05) is 41.8 Å². The van der Waals surface area contributed by atoms with Crippen molar-refractivity contribution in [2.75, 3.05) is 28.2 Å². The molecular weight excluding hydrogens is 540 g/mol. The van der Waals surface area contributed by atoms with Gasteiger partial charge < -0.3 is 14.2 Å². The standard InChI is InChI=1S/C19H21N3O.C17H26ClN/c1-13-5-8-15(9-6-13)19-16(11-18(23)21(3)4)22-12-14(2)7-10-17(22)20-19;1-13(2)12-16(19(3)4)17(10-5-11-17)14-6-8-15(18)9-7-14/h5-10,12H,11H2,1-4H3;6-9,13,16H,5,10-12H2,1-4H3. The van der Waals surface area contributed by atoms with Gasteiger partial charge in [0.25, 0.3) is 0 Å². The molecule has 1 saturated carbocycles. The Morgan fingerprint density at radius 1 is 0.929 bits per heavy atom. The van der Waals surface area contributed by atoms with Gasteiger partial charge in [0.05, 0.1) is 17.8 Å². The number of imidazole rings is 1. The van der Waals surface area contributed by atoms with Crippen molar-refractivity contribution in [3.63, 3.8) is 0 Å². The van der Waals surface area contributed by atoms with Crippen LogP contribution in [0.15, 0.2) is 66.9 Å². The van der Waals surface area contributed by atoms with Crippen LogP contribution in [0.1, 0.15) is 61.9 Å². The smallest absolute Gasteiger partial charge is 0.228 e. The van der Waals surface area contributed by atoms with Gasteiger partial charge >= 0.3 is 0 Å². The fraction of sp³-hybridized carbons (Fsp3) is 0.444. The van der Waals surface area contributed by atoms with Crippen LogP contribution in [0, 0.1) is 19.8 Å². The molecule has 1 amide bonds. The first-order valence-electron chi connectivity index (χ1n) is 15.1. The van der Waals surface area contributed by atoms with Crippen LogP contribution in [0.5, 0.6) is 0 Å². The van der Waals surface area contributed by atoms with E-state index in [-0.39, 0.29) is 5.91 Å². The zero-order valence-corrected chi connectivity index (χ0v) is 27.4. The lowest BCUT2D eigenvalue weighted by molar-refractivity contribution is -0.128. The molecule has 0 aliphatic heterocycles. The summed E-state index contributed by atoms with van der Waals surface area (Å²) in [6.07, 6.45) is 7.61. The number of aryl methyl sites for hydroxylation is 2. The highest BCUT2D eigenvalue weighted by atomic mass is 35.5. The number of hydrogen-bond donors (Lipinski definition) is 0. The molecule has 5 rings (SSSR count). The number of aromatic nitrogens is 2. The maximum Gasteiger partial charge on any atom is 0.228 e. The molecule has 0 radical (unpaired) electrons. The third-order valence-electron chi connectivity index (χ3n) is 8.63. The van der Waals surface area contributed by atoms with Crippen LogP contribution in [0.25, 0.3) is 16.9 Å². The zero-order valence-electron chi connectivity index (χ0n) is 26.6. The highest BCUT2D eigenvalue weighted by Gasteiger charge is 2.46. The van der Waals surface area contributed by atoms with E-state index < -0.39 is 0 Å². The quantitative estimate of drug-likeness (QED) is 0.210. The van der Waals surface area contributed by atoms with Crippen molar-refractivity contribution in [3.8, 4) is 11.3 Å². The molecule has 0 saturated heterocycles. The highest BCUT2D eigenvalue weighted by molar-refractivity contribution is 6.30. The average Bonchev–Trinajstić information content (AvgIpc) is 3.26. The molecule has 0 N–H and O–H groups in total. The number of halogens is 1. The van der Waals surface area contributed by atoms with Crippen molar-refractivity contribution >= 4 is 23.2 Å². The van der Waals surface area contributed by atoms with E-state index in [1.165, 1.54) is 36.8 Å². The van der Waals surface area contributed by atoms with E-state index in [0.717, 1.165) is 39.1 Å². The molecule has 1 fully saturated rings. The van der Waals surface area contributed by atoms with Gasteiger partial charge in [-0.15, -0.1) is 0 Å². The number of amides is 1. The molecule has 2 aromatic heterocycles. The van der Waals surface area contributed by atoms with Crippen molar-refractivity contribution in [2.45, 2.75) is 71.3 Å². The summed E-state index contributed by atoms with van der Waals surface area (Å²) in [6, 6.07) is 21.5. The van der Waals surface area contributed by atoms with Gasteiger partial charge in [0.15, 0.2) is 0 Å². The van der Waals surface area contributed by atoms with Gasteiger partial charge in [0, 0.05) is 42.3 Å². The SMILES string of the molecule is CC(C)CC(N(C)C)C1(c2ccc(Cl)cc2)CCC1.Cc1ccc(-c2nc3ccc(C)cn3c2CC(=O)N(C)C)cc1. The highest BCUT2D eigenvalue weighted by Crippen LogP contribution is 2.49. The zero-order chi connectivity index (χ0) is 30.6. The molecule has 0 spiro atoms. The molecule has 6 heteroatoms. The van der Waals surface area contributed by atoms with E-state index in [2.05, 4.69) is 76.2 Å². The van der Waals surface area contributed by atoms with Gasteiger partial charge in [-0.2, -0.15) is 0 Å². The molecule has 1 unspecified atom stereocenters. The number of benzene rings is 2. The van der Waals surface area contributed by atoms with Crippen molar-refractivity contribution < 1.29 is 4.79 Å². The average molecular weight is 587 g/mol. The maximum absolute atomic E-state index is 12.3. The van der Waals surface area contributed by atoms with Gasteiger partial charge in [-0.1, -0.05) is 79.9 Å². The summed E-state index contributed by atoms with van der Waals surface area (Å²) in [6.45, 7) is 8.76. The third kappa shape index (κ3) is 7.07. The molecular formula is C36H47ClN4O. The summed E-state index contributed by atoms with van der Waals surface area (Å²) in [5, 5.41) is 0.837. The van der Waals surface area contributed by atoms with Crippen molar-refractivity contribution in [3.05, 3.63) is 94.3 Å². The van der Waals surface area contributed by atoms with Crippen LogP contribution in [0.2, 0.25) is 5.02 Å². The van der Waals surface area contributed by atoms with Crippen molar-refractivity contribution in [2.24, 2.45) is 5.92 Å². The first-order valence-corrected chi connectivity index (χ1v) is 15.5. The molecule has 5 nitrogen and oxygen atoms in total. The summed E-state index contributed by atoms with van der Waals surface area (Å²) in [4.78, 5) is 21.1. The topological polar surface area (TPSA) is 40.9 Å². The number of pyridine rings is 1. The lowest BCUT2D eigenvalue weighted by Crippen LogP contribution is -2.52. The van der Waals surface area contributed by atoms with E-state index in [9.17, 15) is 4.79 Å². The summed E-state index contributed by atoms with van der Waals surface area (Å²) in [7, 11) is 8.01. The predicted molar refractivity (Wildman–Crippen MR) is 176 cm³/mol. The first kappa shape index (κ1) is 31.8. The molecule has 4 aromatic rings. The van der Waals surface area contributed by atoms with Crippen LogP contribution in [0.3, 0.4) is 0 Å². The van der Waals surface area contributed by atoms with Crippen molar-refractivity contribution in [1.29, 1.82) is 0 Å². The number of fused-ring (bicyclic) bond motifs is 1. The van der Waals surface area contributed by atoms with E-state index in [0.29, 0.717) is 17.9 Å². The summed E-state index contributed by atoms with van der Waals surface area (Å²) in [5.41, 5.74) is 7.90. The minimum atomic E-state index is 0.0710. The fourth-order valence-electron chi connectivity index (χ4n) is 6.14. The Morgan fingerprint density at radius 2 is 1.55 bits per heavy atom. The third-order valence-corrected chi connectivity index (χ3v) is 8.88. The number of nitrogens with zero attached hydrogens (tertiary/aromatic N) is 4. The Morgan fingerprint density at radius 3 is 2.07 bits per heavy atom. The lowest BCUT2D eigenvalue weighted by Gasteiger charge is -2.51. The van der Waals surface area contributed by atoms with Crippen LogP contribution >= 0.6 is 11.6 Å². The van der Waals surface area contributed by atoms with Crippen LogP contribution in [-0.2, 0) is 16.6 Å². The second kappa shape index (κ2) is 13.4. The number of carbonyl (C=O) groups is 1. The molecule has 1 atom stereocenters. The summed E-state index contributed by atoms with van der Waals surface area (Å²) < 4.78 is 2.03. The fourth-order valence-corrected chi connectivity index (χ4v) is 6.27. The predicted octanol–water partition coefficient (Wildman–Crippen LogP) is 7.99. The lowest BCUT2D eigenvalue weighted by atomic mass is 9.58. The maximum atomic E-state index is 12.3. The molecule has 2 aromatic carbocycles. The Hall–Kier alpha value is -3.15. The van der Waals surface area contributed by atoms with Crippen LogP contribution < -0.4 is 0 Å². The number of carbonyl (C=O) groups excluding carboxylic acids is 1. The Kier molecular flexibility index (Phi) is 10.2. The van der Waals surface area contributed by atoms with Crippen LogP contribution in [-0.4, -0.2) is 59.3 Å². The van der Waals surface area contributed by atoms with Gasteiger partial charge in [-0.3, -0.25) is 4.79 Å². The number of rotatable bonds is 8. The molecule has 1 aliphatic carbocycles. The van der Waals surface area contributed by atoms with E-state index in [4.69, 9.17) is 16.6 Å². The Bertz CT molecular complexity index is 1480. The largest absolute Gasteiger partial charge is 0.348 e. The molecule has 224 valence electrons. The van der Waals surface area contributed by atoms with Gasteiger partial charge in [-0.25, -0.2) is 4.98 Å². The Labute approximate surface area is 257 Å². The monoisotopic (exact) mass is 586 g/mol. The second-order valence-corrected chi connectivity index (χ2v) is 13.2. The molecule has 2 heterocycles. The Balaban J connectivity index is 0.000000197. The van der Waals surface area contributed by atoms with E-state index >= 15 is 0 Å². The van der Waals surface area contributed by atoms with Gasteiger partial charge in [0.1, 0.15) is 5.65 Å². The number of likely N-dealkylation sites (N-methyl/N-ethyl adjacent to an activating group) is 2. The van der Waals surface area contributed by atoms with Gasteiger partial charge in [0.2, 0.25) is 5.91 Å².